The predicted octanol–water partition coefficient (Wildman–Crippen LogP) is 3.22. The fourth-order valence-corrected chi connectivity index (χ4v) is 2.55. The molecule has 6 nitrogen and oxygen atoms in total. The van der Waals surface area contributed by atoms with Crippen molar-refractivity contribution in [3.05, 3.63) is 45.6 Å². The van der Waals surface area contributed by atoms with Crippen molar-refractivity contribution in [3.8, 4) is 0 Å². The number of anilines is 1. The molecule has 0 atom stereocenters. The molecule has 2 N–H and O–H groups in total. The summed E-state index contributed by atoms with van der Waals surface area (Å²) in [6.07, 6.45) is 0. The number of benzene rings is 1. The van der Waals surface area contributed by atoms with Crippen LogP contribution in [0, 0.1) is 0 Å². The Morgan fingerprint density at radius 3 is 2.71 bits per heavy atom. The first-order valence-electron chi connectivity index (χ1n) is 7.76. The van der Waals surface area contributed by atoms with Crippen molar-refractivity contribution in [2.24, 2.45) is 0 Å². The van der Waals surface area contributed by atoms with Gasteiger partial charge in [0.25, 0.3) is 0 Å². The molecule has 0 aliphatic rings. The summed E-state index contributed by atoms with van der Waals surface area (Å²) in [7, 11) is 0. The summed E-state index contributed by atoms with van der Waals surface area (Å²) in [6, 6.07) is 6.87. The molecule has 0 amide bonds. The third-order valence-corrected chi connectivity index (χ3v) is 3.88. The predicted molar refractivity (Wildman–Crippen MR) is 92.2 cm³/mol. The van der Waals surface area contributed by atoms with Gasteiger partial charge in [-0.1, -0.05) is 19.9 Å². The maximum Gasteiger partial charge on any atom is 0.341 e. The molecule has 0 aliphatic carbocycles. The first-order valence-corrected chi connectivity index (χ1v) is 7.76. The number of carbonyl (C=O) groups excluding carboxylic acids is 1. The number of aromatic nitrogens is 1. The van der Waals surface area contributed by atoms with Crippen LogP contribution in [0.2, 0.25) is 0 Å². The standard InChI is InChI=1S/C18H18N2O4/c1-4-23-18(22)13-8-12-15(21)11-7-10(9(2)3)5-6-14(11)24-17(12)20-16(13)19/h5-9H,4H2,1-3H3,(H2,19,20). The number of rotatable bonds is 3. The van der Waals surface area contributed by atoms with Crippen molar-refractivity contribution in [2.45, 2.75) is 26.7 Å². The molecule has 124 valence electrons. The van der Waals surface area contributed by atoms with Gasteiger partial charge in [0, 0.05) is 0 Å². The molecule has 0 radical (unpaired) electrons. The number of hydrogen-bond donors (Lipinski definition) is 1. The van der Waals surface area contributed by atoms with Gasteiger partial charge in [0.1, 0.15) is 17.0 Å². The first kappa shape index (κ1) is 16.0. The minimum atomic E-state index is -0.611. The Hall–Kier alpha value is -2.89. The number of nitrogens with two attached hydrogens (primary N) is 1. The van der Waals surface area contributed by atoms with Crippen LogP contribution in [-0.2, 0) is 4.74 Å². The lowest BCUT2D eigenvalue weighted by Crippen LogP contribution is -2.12. The van der Waals surface area contributed by atoms with E-state index in [1.165, 1.54) is 6.07 Å². The van der Waals surface area contributed by atoms with Crippen LogP contribution in [0.4, 0.5) is 5.82 Å². The number of fused-ring (bicyclic) bond motifs is 2. The summed E-state index contributed by atoms with van der Waals surface area (Å²) in [4.78, 5) is 28.8. The van der Waals surface area contributed by atoms with Crippen molar-refractivity contribution in [1.82, 2.24) is 4.98 Å². The molecule has 1 aromatic carbocycles. The van der Waals surface area contributed by atoms with Gasteiger partial charge in [-0.05, 0) is 36.6 Å². The molecule has 0 bridgehead atoms. The van der Waals surface area contributed by atoms with E-state index in [9.17, 15) is 9.59 Å². The average molecular weight is 326 g/mol. The molecular formula is C18H18N2O4. The summed E-state index contributed by atoms with van der Waals surface area (Å²) >= 11 is 0. The van der Waals surface area contributed by atoms with E-state index >= 15 is 0 Å². The van der Waals surface area contributed by atoms with Gasteiger partial charge in [0.2, 0.25) is 11.1 Å². The van der Waals surface area contributed by atoms with Crippen molar-refractivity contribution >= 4 is 33.9 Å². The van der Waals surface area contributed by atoms with Crippen molar-refractivity contribution in [2.75, 3.05) is 12.3 Å². The van der Waals surface area contributed by atoms with Crippen LogP contribution >= 0.6 is 0 Å². The Labute approximate surface area is 138 Å². The highest BCUT2D eigenvalue weighted by atomic mass is 16.5. The van der Waals surface area contributed by atoms with Crippen molar-refractivity contribution in [3.63, 3.8) is 0 Å². The third kappa shape index (κ3) is 2.60. The number of carbonyl (C=O) groups is 1. The SMILES string of the molecule is CCOC(=O)c1cc2c(=O)c3cc(C(C)C)ccc3oc2nc1N. The molecule has 24 heavy (non-hydrogen) atoms. The molecule has 0 aliphatic heterocycles. The van der Waals surface area contributed by atoms with Crippen LogP contribution in [0.1, 0.15) is 42.6 Å². The van der Waals surface area contributed by atoms with Gasteiger partial charge in [-0.25, -0.2) is 4.79 Å². The Morgan fingerprint density at radius 2 is 2.04 bits per heavy atom. The zero-order chi connectivity index (χ0) is 17.4. The minimum absolute atomic E-state index is 0.0257. The number of esters is 1. The van der Waals surface area contributed by atoms with Gasteiger partial charge in [0.15, 0.2) is 0 Å². The van der Waals surface area contributed by atoms with E-state index in [2.05, 4.69) is 4.98 Å². The van der Waals surface area contributed by atoms with E-state index < -0.39 is 5.97 Å². The fraction of sp³-hybridized carbons (Fsp3) is 0.278. The molecular weight excluding hydrogens is 308 g/mol. The molecule has 3 aromatic rings. The number of pyridine rings is 1. The highest BCUT2D eigenvalue weighted by molar-refractivity contribution is 5.99. The number of nitrogens with zero attached hydrogens (tertiary/aromatic N) is 1. The van der Waals surface area contributed by atoms with Crippen molar-refractivity contribution < 1.29 is 13.9 Å². The number of hydrogen-bond acceptors (Lipinski definition) is 6. The van der Waals surface area contributed by atoms with Crippen LogP contribution in [0.25, 0.3) is 22.1 Å². The van der Waals surface area contributed by atoms with Gasteiger partial charge in [0.05, 0.1) is 17.4 Å². The van der Waals surface area contributed by atoms with Gasteiger partial charge < -0.3 is 14.9 Å². The smallest absolute Gasteiger partial charge is 0.341 e. The molecule has 0 saturated heterocycles. The Bertz CT molecular complexity index is 1010. The fourth-order valence-electron chi connectivity index (χ4n) is 2.55. The second kappa shape index (κ2) is 5.96. The van der Waals surface area contributed by atoms with E-state index in [0.29, 0.717) is 11.0 Å². The van der Waals surface area contributed by atoms with Crippen LogP contribution < -0.4 is 11.2 Å². The molecule has 0 saturated carbocycles. The normalized spacial score (nSPS) is 11.3. The Balaban J connectivity index is 2.31. The molecule has 0 unspecified atom stereocenters. The minimum Gasteiger partial charge on any atom is -0.462 e. The van der Waals surface area contributed by atoms with Gasteiger partial charge in [-0.2, -0.15) is 4.98 Å². The van der Waals surface area contributed by atoms with E-state index in [1.54, 1.807) is 13.0 Å². The zero-order valence-electron chi connectivity index (χ0n) is 13.8. The molecule has 2 aromatic heterocycles. The second-order valence-electron chi connectivity index (χ2n) is 5.84. The van der Waals surface area contributed by atoms with Crippen LogP contribution in [0.5, 0.6) is 0 Å². The van der Waals surface area contributed by atoms with Crippen LogP contribution in [0.15, 0.2) is 33.5 Å². The Morgan fingerprint density at radius 1 is 1.29 bits per heavy atom. The van der Waals surface area contributed by atoms with E-state index in [4.69, 9.17) is 14.9 Å². The summed E-state index contributed by atoms with van der Waals surface area (Å²) in [5.74, 6) is -0.355. The summed E-state index contributed by atoms with van der Waals surface area (Å²) in [5, 5.41) is 0.663. The van der Waals surface area contributed by atoms with Gasteiger partial charge in [-0.15, -0.1) is 0 Å². The highest BCUT2D eigenvalue weighted by Gasteiger charge is 2.18. The lowest BCUT2D eigenvalue weighted by atomic mass is 10.0. The first-order chi connectivity index (χ1) is 11.4. The zero-order valence-corrected chi connectivity index (χ0v) is 13.8. The number of nitrogen functional groups attached to an aromatic ring is 1. The van der Waals surface area contributed by atoms with E-state index in [-0.39, 0.29) is 40.4 Å². The summed E-state index contributed by atoms with van der Waals surface area (Å²) in [6.45, 7) is 5.99. The monoisotopic (exact) mass is 326 g/mol. The lowest BCUT2D eigenvalue weighted by Gasteiger charge is -2.08. The topological polar surface area (TPSA) is 95.4 Å². The van der Waals surface area contributed by atoms with Gasteiger partial charge >= 0.3 is 5.97 Å². The second-order valence-corrected chi connectivity index (χ2v) is 5.84. The average Bonchev–Trinajstić information content (AvgIpc) is 2.54. The van der Waals surface area contributed by atoms with Crippen LogP contribution in [-0.4, -0.2) is 17.6 Å². The molecule has 2 heterocycles. The third-order valence-electron chi connectivity index (χ3n) is 3.88. The van der Waals surface area contributed by atoms with E-state index in [0.717, 1.165) is 5.56 Å². The van der Waals surface area contributed by atoms with Gasteiger partial charge in [-0.3, -0.25) is 4.79 Å². The highest BCUT2D eigenvalue weighted by Crippen LogP contribution is 2.24. The lowest BCUT2D eigenvalue weighted by molar-refractivity contribution is 0.0527. The Kier molecular flexibility index (Phi) is 3.97. The molecule has 0 fully saturated rings. The summed E-state index contributed by atoms with van der Waals surface area (Å²) in [5.41, 5.74) is 7.20. The largest absolute Gasteiger partial charge is 0.462 e. The maximum absolute atomic E-state index is 12.8. The number of ether oxygens (including phenoxy) is 1. The van der Waals surface area contributed by atoms with Crippen LogP contribution in [0.3, 0.4) is 0 Å². The maximum atomic E-state index is 12.8. The summed E-state index contributed by atoms with van der Waals surface area (Å²) < 4.78 is 10.6. The molecule has 3 rings (SSSR count). The molecule has 0 spiro atoms. The molecule has 6 heteroatoms. The quantitative estimate of drug-likeness (QED) is 0.586. The van der Waals surface area contributed by atoms with Crippen molar-refractivity contribution in [1.29, 1.82) is 0 Å². The van der Waals surface area contributed by atoms with E-state index in [1.807, 2.05) is 26.0 Å².